The number of allylic oxidation sites excluding steroid dienone is 6. The molecule has 0 heterocycles. The Bertz CT molecular complexity index is 3220. The quantitative estimate of drug-likeness (QED) is 0.135. The molecule has 0 bridgehead atoms. The molecule has 0 radical (unpaired) electrons. The lowest BCUT2D eigenvalue weighted by Gasteiger charge is -2.29. The molecule has 10 aromatic carbocycles. The Morgan fingerprint density at radius 1 is 0.311 bits per heavy atom. The van der Waals surface area contributed by atoms with Crippen molar-refractivity contribution in [2.45, 2.75) is 6.42 Å². The van der Waals surface area contributed by atoms with E-state index >= 15 is 0 Å². The van der Waals surface area contributed by atoms with Crippen LogP contribution < -0.4 is 9.80 Å². The molecular formula is C59H42N2. The summed E-state index contributed by atoms with van der Waals surface area (Å²) < 4.78 is 0. The second-order valence-electron chi connectivity index (χ2n) is 15.7. The zero-order valence-electron chi connectivity index (χ0n) is 33.7. The fourth-order valence-corrected chi connectivity index (χ4v) is 9.03. The van der Waals surface area contributed by atoms with Crippen LogP contribution in [0.2, 0.25) is 0 Å². The van der Waals surface area contributed by atoms with Crippen LogP contribution in [0.3, 0.4) is 0 Å². The number of anilines is 6. The van der Waals surface area contributed by atoms with Crippen LogP contribution in [0.15, 0.2) is 243 Å². The summed E-state index contributed by atoms with van der Waals surface area (Å²) in [6.45, 7) is 0. The second kappa shape index (κ2) is 15.7. The molecule has 0 amide bonds. The van der Waals surface area contributed by atoms with Gasteiger partial charge >= 0.3 is 0 Å². The highest BCUT2D eigenvalue weighted by Crippen LogP contribution is 2.48. The summed E-state index contributed by atoms with van der Waals surface area (Å²) in [6.07, 6.45) is 11.9. The number of nitrogens with zero attached hydrogens (tertiary/aromatic N) is 2. The van der Waals surface area contributed by atoms with E-state index in [-0.39, 0.29) is 0 Å². The van der Waals surface area contributed by atoms with E-state index in [2.05, 4.69) is 253 Å². The molecule has 1 aliphatic carbocycles. The maximum atomic E-state index is 2.42. The van der Waals surface area contributed by atoms with Crippen molar-refractivity contribution >= 4 is 72.0 Å². The predicted molar refractivity (Wildman–Crippen MR) is 261 cm³/mol. The Labute approximate surface area is 357 Å². The third kappa shape index (κ3) is 6.75. The SMILES string of the molecule is C1=CCC=CC(c2ccc(N(c3ccc(-c4ccccc4)cc3)c3ccc4ccc5c(N(c6ccccc6)c6ccc(-c7ccccc7)cc6)ccc6ccc3c4c65)cc2)=C1. The van der Waals surface area contributed by atoms with Crippen molar-refractivity contribution in [3.63, 3.8) is 0 Å². The van der Waals surface area contributed by atoms with E-state index in [4.69, 9.17) is 0 Å². The molecule has 0 saturated heterocycles. The number of hydrogen-bond donors (Lipinski definition) is 0. The largest absolute Gasteiger partial charge is 0.310 e. The van der Waals surface area contributed by atoms with Crippen LogP contribution in [-0.4, -0.2) is 0 Å². The third-order valence-corrected chi connectivity index (χ3v) is 12.0. The molecule has 0 aromatic heterocycles. The van der Waals surface area contributed by atoms with Crippen molar-refractivity contribution in [1.29, 1.82) is 0 Å². The number of hydrogen-bond acceptors (Lipinski definition) is 2. The fourth-order valence-electron chi connectivity index (χ4n) is 9.03. The summed E-state index contributed by atoms with van der Waals surface area (Å²) in [6, 6.07) is 77.4. The lowest BCUT2D eigenvalue weighted by atomic mass is 9.91. The summed E-state index contributed by atoms with van der Waals surface area (Å²) in [5.74, 6) is 0. The molecule has 0 fully saturated rings. The van der Waals surface area contributed by atoms with Crippen LogP contribution in [0.1, 0.15) is 12.0 Å². The van der Waals surface area contributed by atoms with E-state index in [1.807, 2.05) is 0 Å². The van der Waals surface area contributed by atoms with Gasteiger partial charge in [0.1, 0.15) is 0 Å². The normalized spacial score (nSPS) is 12.5. The molecule has 11 rings (SSSR count). The van der Waals surface area contributed by atoms with Gasteiger partial charge in [-0.05, 0) is 122 Å². The molecule has 2 nitrogen and oxygen atoms in total. The monoisotopic (exact) mass is 778 g/mol. The molecule has 0 saturated carbocycles. The third-order valence-electron chi connectivity index (χ3n) is 12.0. The molecule has 0 N–H and O–H groups in total. The van der Waals surface area contributed by atoms with E-state index in [0.29, 0.717) is 0 Å². The Hall–Kier alpha value is -7.94. The summed E-state index contributed by atoms with van der Waals surface area (Å²) in [4.78, 5) is 4.82. The van der Waals surface area contributed by atoms with Gasteiger partial charge in [0.05, 0.1) is 11.4 Å². The van der Waals surface area contributed by atoms with Gasteiger partial charge in [0.15, 0.2) is 0 Å². The first-order valence-corrected chi connectivity index (χ1v) is 21.1. The predicted octanol–water partition coefficient (Wildman–Crippen LogP) is 16.8. The topological polar surface area (TPSA) is 6.48 Å². The van der Waals surface area contributed by atoms with Crippen LogP contribution in [-0.2, 0) is 0 Å². The minimum absolute atomic E-state index is 0.952. The van der Waals surface area contributed by atoms with Gasteiger partial charge in [-0.25, -0.2) is 0 Å². The van der Waals surface area contributed by atoms with Crippen molar-refractivity contribution in [3.8, 4) is 22.3 Å². The van der Waals surface area contributed by atoms with Crippen molar-refractivity contribution in [1.82, 2.24) is 0 Å². The summed E-state index contributed by atoms with van der Waals surface area (Å²) >= 11 is 0. The van der Waals surface area contributed by atoms with Crippen LogP contribution in [0.5, 0.6) is 0 Å². The Morgan fingerprint density at radius 2 is 0.705 bits per heavy atom. The summed E-state index contributed by atoms with van der Waals surface area (Å²) in [5, 5.41) is 7.41. The van der Waals surface area contributed by atoms with Gasteiger partial charge in [-0.3, -0.25) is 0 Å². The highest BCUT2D eigenvalue weighted by atomic mass is 15.1. The maximum absolute atomic E-state index is 2.42. The number of para-hydroxylation sites is 1. The highest BCUT2D eigenvalue weighted by molar-refractivity contribution is 6.28. The average Bonchev–Trinajstić information content (AvgIpc) is 3.63. The second-order valence-corrected chi connectivity index (χ2v) is 15.7. The number of rotatable bonds is 9. The van der Waals surface area contributed by atoms with Gasteiger partial charge in [0, 0.05) is 33.5 Å². The molecular weight excluding hydrogens is 737 g/mol. The summed E-state index contributed by atoms with van der Waals surface area (Å²) in [7, 11) is 0. The zero-order valence-corrected chi connectivity index (χ0v) is 33.7. The molecule has 288 valence electrons. The van der Waals surface area contributed by atoms with Gasteiger partial charge in [-0.1, -0.05) is 182 Å². The van der Waals surface area contributed by atoms with Crippen LogP contribution in [0.25, 0.3) is 60.1 Å². The van der Waals surface area contributed by atoms with Crippen LogP contribution in [0.4, 0.5) is 34.1 Å². The van der Waals surface area contributed by atoms with Crippen molar-refractivity contribution in [2.24, 2.45) is 0 Å². The number of benzene rings is 10. The fraction of sp³-hybridized carbons (Fsp3) is 0.0169. The van der Waals surface area contributed by atoms with E-state index in [9.17, 15) is 0 Å². The first-order chi connectivity index (χ1) is 30.3. The lowest BCUT2D eigenvalue weighted by Crippen LogP contribution is -2.11. The zero-order chi connectivity index (χ0) is 40.5. The van der Waals surface area contributed by atoms with E-state index in [1.54, 1.807) is 0 Å². The van der Waals surface area contributed by atoms with E-state index in [1.165, 1.54) is 65.7 Å². The molecule has 61 heavy (non-hydrogen) atoms. The van der Waals surface area contributed by atoms with Gasteiger partial charge in [-0.15, -0.1) is 0 Å². The standard InChI is InChI=1S/C59H42N2/c1-2-7-15-42(14-6-1)45-24-34-52(35-25-45)61(53-36-26-47(27-37-53)44-18-10-4-11-19-44)57-41-31-49-28-38-54-56(40-30-48-29-39-55(57)59(49)58(48)54)60(50-20-12-5-13-21-50)51-32-22-46(23-33-51)43-16-8-3-9-17-43/h1,3-41H,2H2. The summed E-state index contributed by atoms with van der Waals surface area (Å²) in [5.41, 5.74) is 14.0. The molecule has 0 aliphatic heterocycles. The Balaban J connectivity index is 1.08. The van der Waals surface area contributed by atoms with E-state index in [0.717, 1.165) is 40.5 Å². The van der Waals surface area contributed by atoms with E-state index < -0.39 is 0 Å². The average molecular weight is 779 g/mol. The van der Waals surface area contributed by atoms with Gasteiger partial charge in [-0.2, -0.15) is 0 Å². The van der Waals surface area contributed by atoms with Crippen molar-refractivity contribution in [2.75, 3.05) is 9.80 Å². The van der Waals surface area contributed by atoms with Crippen molar-refractivity contribution < 1.29 is 0 Å². The lowest BCUT2D eigenvalue weighted by molar-refractivity contribution is 1.29. The molecule has 0 unspecified atom stereocenters. The minimum Gasteiger partial charge on any atom is -0.310 e. The minimum atomic E-state index is 0.952. The molecule has 1 aliphatic rings. The molecule has 0 atom stereocenters. The first-order valence-electron chi connectivity index (χ1n) is 21.1. The highest BCUT2D eigenvalue weighted by Gasteiger charge is 2.22. The molecule has 2 heteroatoms. The first kappa shape index (κ1) is 36.2. The van der Waals surface area contributed by atoms with Gasteiger partial charge in [0.2, 0.25) is 0 Å². The van der Waals surface area contributed by atoms with Crippen LogP contribution in [0, 0.1) is 0 Å². The van der Waals surface area contributed by atoms with Gasteiger partial charge in [0.25, 0.3) is 0 Å². The molecule has 10 aromatic rings. The molecule has 0 spiro atoms. The maximum Gasteiger partial charge on any atom is 0.0540 e. The Morgan fingerprint density at radius 3 is 1.18 bits per heavy atom. The Kier molecular flexibility index (Phi) is 9.29. The smallest absolute Gasteiger partial charge is 0.0540 e. The van der Waals surface area contributed by atoms with Crippen LogP contribution >= 0.6 is 0 Å². The van der Waals surface area contributed by atoms with Crippen molar-refractivity contribution in [3.05, 3.63) is 248 Å². The van der Waals surface area contributed by atoms with Gasteiger partial charge < -0.3 is 9.80 Å².